The normalized spacial score (nSPS) is 17.9. The van der Waals surface area contributed by atoms with Crippen LogP contribution in [0.1, 0.15) is 37.8 Å². The van der Waals surface area contributed by atoms with Crippen LogP contribution in [0.25, 0.3) is 0 Å². The summed E-state index contributed by atoms with van der Waals surface area (Å²) in [5.74, 6) is 1.93. The Morgan fingerprint density at radius 2 is 2.25 bits per heavy atom. The van der Waals surface area contributed by atoms with Crippen LogP contribution in [-0.2, 0) is 0 Å². The van der Waals surface area contributed by atoms with Crippen LogP contribution in [0.5, 0.6) is 0 Å². The van der Waals surface area contributed by atoms with Crippen molar-refractivity contribution in [2.75, 3.05) is 18.5 Å². The number of rotatable bonds is 4. The molecule has 0 spiro atoms. The van der Waals surface area contributed by atoms with E-state index in [0.29, 0.717) is 0 Å². The predicted octanol–water partition coefficient (Wildman–Crippen LogP) is 2.34. The standard InChI is InChI=1S/C13H21N3/c1-10(14)12-6-7-13(15-8-12)16(2)9-11-4-3-5-11/h6-8,10-11H,3-5,9,14H2,1-2H3/t10-/m1/s1. The van der Waals surface area contributed by atoms with E-state index in [9.17, 15) is 0 Å². The van der Waals surface area contributed by atoms with E-state index in [1.54, 1.807) is 0 Å². The third-order valence-electron chi connectivity index (χ3n) is 3.44. The van der Waals surface area contributed by atoms with E-state index in [1.807, 2.05) is 13.1 Å². The molecule has 2 N–H and O–H groups in total. The average Bonchev–Trinajstić information content (AvgIpc) is 2.23. The van der Waals surface area contributed by atoms with Gasteiger partial charge in [-0.25, -0.2) is 4.98 Å². The molecule has 3 heteroatoms. The first-order valence-electron chi connectivity index (χ1n) is 6.09. The topological polar surface area (TPSA) is 42.1 Å². The van der Waals surface area contributed by atoms with Crippen molar-refractivity contribution in [3.8, 4) is 0 Å². The van der Waals surface area contributed by atoms with Crippen LogP contribution < -0.4 is 10.6 Å². The van der Waals surface area contributed by atoms with Gasteiger partial charge in [-0.15, -0.1) is 0 Å². The van der Waals surface area contributed by atoms with Gasteiger partial charge in [0, 0.05) is 25.8 Å². The van der Waals surface area contributed by atoms with Gasteiger partial charge in [-0.3, -0.25) is 0 Å². The summed E-state index contributed by atoms with van der Waals surface area (Å²) >= 11 is 0. The molecule has 0 aromatic carbocycles. The van der Waals surface area contributed by atoms with Crippen LogP contribution in [0.15, 0.2) is 18.3 Å². The number of aromatic nitrogens is 1. The maximum absolute atomic E-state index is 5.80. The summed E-state index contributed by atoms with van der Waals surface area (Å²) in [7, 11) is 2.12. The summed E-state index contributed by atoms with van der Waals surface area (Å²) in [5, 5.41) is 0. The molecule has 1 heterocycles. The van der Waals surface area contributed by atoms with Crippen LogP contribution >= 0.6 is 0 Å². The van der Waals surface area contributed by atoms with E-state index >= 15 is 0 Å². The van der Waals surface area contributed by atoms with Crippen LogP contribution in [0.2, 0.25) is 0 Å². The van der Waals surface area contributed by atoms with Crippen molar-refractivity contribution < 1.29 is 0 Å². The number of pyridine rings is 1. The summed E-state index contributed by atoms with van der Waals surface area (Å²) in [6, 6.07) is 4.21. The molecule has 1 fully saturated rings. The van der Waals surface area contributed by atoms with Crippen molar-refractivity contribution in [3.05, 3.63) is 23.9 Å². The molecule has 1 aromatic rings. The van der Waals surface area contributed by atoms with E-state index in [0.717, 1.165) is 23.8 Å². The molecular formula is C13H21N3. The summed E-state index contributed by atoms with van der Waals surface area (Å²) in [5.41, 5.74) is 6.90. The van der Waals surface area contributed by atoms with Gasteiger partial charge in [0.2, 0.25) is 0 Å². The highest BCUT2D eigenvalue weighted by Crippen LogP contribution is 2.27. The van der Waals surface area contributed by atoms with Gasteiger partial charge in [0.25, 0.3) is 0 Å². The molecule has 1 atom stereocenters. The Labute approximate surface area is 97.7 Å². The Morgan fingerprint density at radius 1 is 1.50 bits per heavy atom. The minimum Gasteiger partial charge on any atom is -0.359 e. The van der Waals surface area contributed by atoms with Gasteiger partial charge >= 0.3 is 0 Å². The Morgan fingerprint density at radius 3 is 2.69 bits per heavy atom. The van der Waals surface area contributed by atoms with Crippen molar-refractivity contribution in [2.45, 2.75) is 32.2 Å². The van der Waals surface area contributed by atoms with Crippen LogP contribution in [0, 0.1) is 5.92 Å². The molecule has 1 aliphatic carbocycles. The fourth-order valence-corrected chi connectivity index (χ4v) is 2.05. The van der Waals surface area contributed by atoms with Crippen molar-refractivity contribution in [1.82, 2.24) is 4.98 Å². The van der Waals surface area contributed by atoms with Gasteiger partial charge in [-0.05, 0) is 37.3 Å². The third-order valence-corrected chi connectivity index (χ3v) is 3.44. The second-order valence-corrected chi connectivity index (χ2v) is 4.92. The number of hydrogen-bond acceptors (Lipinski definition) is 3. The lowest BCUT2D eigenvalue weighted by atomic mass is 9.85. The second-order valence-electron chi connectivity index (χ2n) is 4.92. The average molecular weight is 219 g/mol. The third kappa shape index (κ3) is 2.53. The van der Waals surface area contributed by atoms with Crippen LogP contribution in [0.4, 0.5) is 5.82 Å². The van der Waals surface area contributed by atoms with E-state index < -0.39 is 0 Å². The van der Waals surface area contributed by atoms with Crippen molar-refractivity contribution >= 4 is 5.82 Å². The molecule has 88 valence electrons. The predicted molar refractivity (Wildman–Crippen MR) is 67.5 cm³/mol. The maximum atomic E-state index is 5.80. The number of nitrogens with two attached hydrogens (primary N) is 1. The Bertz CT molecular complexity index is 328. The Hall–Kier alpha value is -1.09. The molecule has 3 nitrogen and oxygen atoms in total. The zero-order valence-corrected chi connectivity index (χ0v) is 10.2. The monoisotopic (exact) mass is 219 g/mol. The summed E-state index contributed by atoms with van der Waals surface area (Å²) in [6.07, 6.45) is 6.04. The van der Waals surface area contributed by atoms with E-state index in [4.69, 9.17) is 5.73 Å². The SMILES string of the molecule is C[C@@H](N)c1ccc(N(C)CC2CCC2)nc1. The molecule has 0 unspecified atom stereocenters. The zero-order valence-electron chi connectivity index (χ0n) is 10.2. The van der Waals surface area contributed by atoms with Crippen molar-refractivity contribution in [3.63, 3.8) is 0 Å². The quantitative estimate of drug-likeness (QED) is 0.845. The van der Waals surface area contributed by atoms with Gasteiger partial charge in [0.1, 0.15) is 5.82 Å². The van der Waals surface area contributed by atoms with E-state index in [1.165, 1.54) is 19.3 Å². The Balaban J connectivity index is 1.97. The molecule has 0 saturated heterocycles. The molecule has 0 radical (unpaired) electrons. The minimum absolute atomic E-state index is 0.0680. The molecule has 1 saturated carbocycles. The smallest absolute Gasteiger partial charge is 0.128 e. The Kier molecular flexibility index (Phi) is 3.44. The lowest BCUT2D eigenvalue weighted by Crippen LogP contribution is -2.29. The lowest BCUT2D eigenvalue weighted by Gasteiger charge is -2.30. The molecule has 16 heavy (non-hydrogen) atoms. The molecule has 1 aromatic heterocycles. The maximum Gasteiger partial charge on any atom is 0.128 e. The van der Waals surface area contributed by atoms with Gasteiger partial charge in [0.15, 0.2) is 0 Å². The van der Waals surface area contributed by atoms with Crippen molar-refractivity contribution in [1.29, 1.82) is 0 Å². The number of hydrogen-bond donors (Lipinski definition) is 1. The first-order chi connectivity index (χ1) is 7.66. The molecule has 0 bridgehead atoms. The molecule has 1 aliphatic rings. The molecule has 0 amide bonds. The first-order valence-corrected chi connectivity index (χ1v) is 6.09. The van der Waals surface area contributed by atoms with Gasteiger partial charge in [0.05, 0.1) is 0 Å². The summed E-state index contributed by atoms with van der Waals surface area (Å²) < 4.78 is 0. The number of anilines is 1. The van der Waals surface area contributed by atoms with Crippen LogP contribution in [-0.4, -0.2) is 18.6 Å². The van der Waals surface area contributed by atoms with Crippen molar-refractivity contribution in [2.24, 2.45) is 11.7 Å². The highest BCUT2D eigenvalue weighted by Gasteiger charge is 2.19. The van der Waals surface area contributed by atoms with Gasteiger partial charge in [-0.2, -0.15) is 0 Å². The lowest BCUT2D eigenvalue weighted by molar-refractivity contribution is 0.321. The summed E-state index contributed by atoms with van der Waals surface area (Å²) in [4.78, 5) is 6.70. The summed E-state index contributed by atoms with van der Waals surface area (Å²) in [6.45, 7) is 3.11. The van der Waals surface area contributed by atoms with E-state index in [-0.39, 0.29) is 6.04 Å². The molecule has 2 rings (SSSR count). The highest BCUT2D eigenvalue weighted by molar-refractivity contribution is 5.38. The van der Waals surface area contributed by atoms with Gasteiger partial charge in [-0.1, -0.05) is 12.5 Å². The highest BCUT2D eigenvalue weighted by atomic mass is 15.2. The first kappa shape index (κ1) is 11.4. The number of nitrogens with zero attached hydrogens (tertiary/aromatic N) is 2. The molecule has 0 aliphatic heterocycles. The second kappa shape index (κ2) is 4.83. The van der Waals surface area contributed by atoms with Gasteiger partial charge < -0.3 is 10.6 Å². The van der Waals surface area contributed by atoms with E-state index in [2.05, 4.69) is 29.1 Å². The fourth-order valence-electron chi connectivity index (χ4n) is 2.05. The molecular weight excluding hydrogens is 198 g/mol. The fraction of sp³-hybridized carbons (Fsp3) is 0.615. The largest absolute Gasteiger partial charge is 0.359 e. The zero-order chi connectivity index (χ0) is 11.5. The van der Waals surface area contributed by atoms with Crippen LogP contribution in [0.3, 0.4) is 0 Å². The minimum atomic E-state index is 0.0680.